The van der Waals surface area contributed by atoms with Crippen LogP contribution in [0.3, 0.4) is 0 Å². The van der Waals surface area contributed by atoms with Crippen LogP contribution in [0.2, 0.25) is 0 Å². The van der Waals surface area contributed by atoms with Gasteiger partial charge in [-0.25, -0.2) is 0 Å². The summed E-state index contributed by atoms with van der Waals surface area (Å²) in [6.45, 7) is 6.39. The Morgan fingerprint density at radius 1 is 0.314 bits per heavy atom. The van der Waals surface area contributed by atoms with Crippen molar-refractivity contribution in [1.82, 2.24) is 0 Å². The molecule has 0 aromatic heterocycles. The highest BCUT2D eigenvalue weighted by Gasteiger charge is 2.16. The van der Waals surface area contributed by atoms with Gasteiger partial charge in [-0.05, 0) is 124 Å². The molecule has 7 nitrogen and oxygen atoms in total. The van der Waals surface area contributed by atoms with Crippen LogP contribution in [0.5, 0.6) is 34.5 Å². The van der Waals surface area contributed by atoms with Crippen molar-refractivity contribution in [3.63, 3.8) is 0 Å². The first-order chi connectivity index (χ1) is 34.5. The first-order valence-electron chi connectivity index (χ1n) is 23.1. The molecule has 0 aliphatic carbocycles. The highest BCUT2D eigenvalue weighted by atomic mass is 79.9. The quantitative estimate of drug-likeness (QED) is 0.0670. The maximum Gasteiger partial charge on any atom is 0.123 e. The summed E-state index contributed by atoms with van der Waals surface area (Å²) in [4.78, 5) is 2.19. The van der Waals surface area contributed by atoms with Crippen LogP contribution in [0.4, 0.5) is 17.1 Å². The van der Waals surface area contributed by atoms with Gasteiger partial charge in [0.15, 0.2) is 0 Å². The zero-order valence-corrected chi connectivity index (χ0v) is 40.2. The van der Waals surface area contributed by atoms with Gasteiger partial charge in [0.2, 0.25) is 0 Å². The van der Waals surface area contributed by atoms with Crippen LogP contribution in [0.25, 0.3) is 6.08 Å². The molecule has 0 spiro atoms. The van der Waals surface area contributed by atoms with Crippen LogP contribution in [0, 0.1) is 0 Å². The second kappa shape index (κ2) is 23.7. The van der Waals surface area contributed by atoms with Gasteiger partial charge in [0.1, 0.15) is 74.1 Å². The summed E-state index contributed by atoms with van der Waals surface area (Å²) in [7, 11) is 0. The third-order valence-electron chi connectivity index (χ3n) is 11.3. The van der Waals surface area contributed by atoms with E-state index in [1.165, 1.54) is 0 Å². The molecule has 0 bridgehead atoms. The summed E-state index contributed by atoms with van der Waals surface area (Å²) >= 11 is 3.76. The highest BCUT2D eigenvalue weighted by molar-refractivity contribution is 9.10. The summed E-state index contributed by atoms with van der Waals surface area (Å²) in [5, 5.41) is 0. The number of halogens is 1. The molecule has 9 rings (SSSR count). The molecule has 0 saturated carbocycles. The minimum Gasteiger partial charge on any atom is -0.489 e. The predicted molar refractivity (Wildman–Crippen MR) is 284 cm³/mol. The number of benzene rings is 9. The van der Waals surface area contributed by atoms with Crippen molar-refractivity contribution in [3.05, 3.63) is 274 Å². The van der Waals surface area contributed by atoms with Gasteiger partial charge in [-0.2, -0.15) is 0 Å². The van der Waals surface area contributed by atoms with E-state index in [4.69, 9.17) is 28.4 Å². The summed E-state index contributed by atoms with van der Waals surface area (Å²) in [6, 6.07) is 74.8. The number of hydrogen-bond donors (Lipinski definition) is 0. The molecule has 0 atom stereocenters. The topological polar surface area (TPSA) is 58.6 Å². The van der Waals surface area contributed by atoms with Gasteiger partial charge in [0.25, 0.3) is 0 Å². The predicted octanol–water partition coefficient (Wildman–Crippen LogP) is 16.0. The van der Waals surface area contributed by atoms with Crippen molar-refractivity contribution in [2.45, 2.75) is 39.6 Å². The molecule has 0 saturated heterocycles. The molecule has 70 heavy (non-hydrogen) atoms. The van der Waals surface area contributed by atoms with Crippen LogP contribution >= 0.6 is 15.9 Å². The van der Waals surface area contributed by atoms with E-state index in [1.807, 2.05) is 140 Å². The number of rotatable bonds is 22. The molecule has 0 fully saturated rings. The average Bonchev–Trinajstić information content (AvgIpc) is 3.41. The van der Waals surface area contributed by atoms with Crippen molar-refractivity contribution >= 4 is 39.1 Å². The van der Waals surface area contributed by atoms with Crippen molar-refractivity contribution < 1.29 is 28.4 Å². The van der Waals surface area contributed by atoms with Crippen molar-refractivity contribution in [2.24, 2.45) is 0 Å². The number of nitrogens with zero attached hydrogens (tertiary/aromatic N) is 1. The van der Waals surface area contributed by atoms with Crippen LogP contribution < -0.4 is 33.3 Å². The van der Waals surface area contributed by atoms with Crippen LogP contribution in [0.1, 0.15) is 38.9 Å². The van der Waals surface area contributed by atoms with Gasteiger partial charge in [-0.1, -0.05) is 156 Å². The van der Waals surface area contributed by atoms with E-state index in [-0.39, 0.29) is 0 Å². The Morgan fingerprint density at radius 3 is 0.929 bits per heavy atom. The zero-order chi connectivity index (χ0) is 47.7. The van der Waals surface area contributed by atoms with E-state index >= 15 is 0 Å². The molecule has 9 aromatic rings. The SMILES string of the molecule is C=Cc1ccc(N(c2ccc(OCc3cc(OCc4ccccc4)cc(OCc4ccccc4)c3)cc2)c2ccc(OCc3cc(OCc4ccccc4)cc(OCc4ccccc4)c3)cc2)cc1Br. The van der Waals surface area contributed by atoms with Crippen LogP contribution in [-0.2, 0) is 39.6 Å². The van der Waals surface area contributed by atoms with E-state index in [0.717, 1.165) is 72.0 Å². The van der Waals surface area contributed by atoms with E-state index in [1.54, 1.807) is 0 Å². The fraction of sp³-hybridized carbons (Fsp3) is 0.0968. The largest absolute Gasteiger partial charge is 0.489 e. The summed E-state index contributed by atoms with van der Waals surface area (Å²) in [5.41, 5.74) is 10.0. The smallest absolute Gasteiger partial charge is 0.123 e. The summed E-state index contributed by atoms with van der Waals surface area (Å²) < 4.78 is 38.8. The molecule has 0 heterocycles. The van der Waals surface area contributed by atoms with Crippen LogP contribution in [-0.4, -0.2) is 0 Å². The first-order valence-corrected chi connectivity index (χ1v) is 23.9. The van der Waals surface area contributed by atoms with E-state index in [9.17, 15) is 0 Å². The minimum atomic E-state index is 0.317. The Balaban J connectivity index is 0.902. The number of hydrogen-bond acceptors (Lipinski definition) is 7. The lowest BCUT2D eigenvalue weighted by Gasteiger charge is -2.26. The molecular formula is C62H52BrNO6. The molecule has 0 amide bonds. The van der Waals surface area contributed by atoms with Gasteiger partial charge in [0.05, 0.1) is 0 Å². The fourth-order valence-electron chi connectivity index (χ4n) is 7.71. The van der Waals surface area contributed by atoms with Gasteiger partial charge in [-0.3, -0.25) is 0 Å². The van der Waals surface area contributed by atoms with E-state index < -0.39 is 0 Å². The highest BCUT2D eigenvalue weighted by Crippen LogP contribution is 2.39. The monoisotopic (exact) mass is 985 g/mol. The molecule has 0 radical (unpaired) electrons. The number of ether oxygens (including phenoxy) is 6. The van der Waals surface area contributed by atoms with Gasteiger partial charge in [0, 0.05) is 33.7 Å². The molecule has 8 heteroatoms. The molecule has 0 N–H and O–H groups in total. The lowest BCUT2D eigenvalue weighted by Crippen LogP contribution is -2.10. The molecule has 348 valence electrons. The normalized spacial score (nSPS) is 10.8. The summed E-state index contributed by atoms with van der Waals surface area (Å²) in [6.07, 6.45) is 1.84. The second-order valence-corrected chi connectivity index (χ2v) is 17.4. The molecular weight excluding hydrogens is 935 g/mol. The molecule has 0 unspecified atom stereocenters. The minimum absolute atomic E-state index is 0.317. The van der Waals surface area contributed by atoms with E-state index in [0.29, 0.717) is 62.6 Å². The van der Waals surface area contributed by atoms with Gasteiger partial charge >= 0.3 is 0 Å². The molecule has 0 aliphatic rings. The number of anilines is 3. The maximum absolute atomic E-state index is 6.40. The van der Waals surface area contributed by atoms with Gasteiger partial charge in [-0.15, -0.1) is 0 Å². The Bertz CT molecular complexity index is 2760. The van der Waals surface area contributed by atoms with Crippen molar-refractivity contribution in [1.29, 1.82) is 0 Å². The van der Waals surface area contributed by atoms with Gasteiger partial charge < -0.3 is 33.3 Å². The Kier molecular flexibility index (Phi) is 15.9. The molecule has 9 aromatic carbocycles. The fourth-order valence-corrected chi connectivity index (χ4v) is 8.24. The van der Waals surface area contributed by atoms with Crippen LogP contribution in [0.15, 0.2) is 236 Å². The third-order valence-corrected chi connectivity index (χ3v) is 12.0. The van der Waals surface area contributed by atoms with E-state index in [2.05, 4.69) is 118 Å². The lowest BCUT2D eigenvalue weighted by atomic mass is 10.1. The molecule has 0 aliphatic heterocycles. The Labute approximate surface area is 418 Å². The Morgan fingerprint density at radius 2 is 0.614 bits per heavy atom. The standard InChI is InChI=1S/C62H52BrNO6/c1-2-52-23-24-55(37-62(52)63)64(53-25-29-56(30-26-53)65-44-50-33-58(67-40-46-15-7-3-8-16-46)38-59(34-50)68-41-47-17-9-4-10-18-47)54-27-31-57(32-28-54)66-45-51-35-60(69-42-48-19-11-5-12-20-48)39-61(36-51)70-43-49-21-13-6-14-22-49/h2-39H,1,40-45H2. The third kappa shape index (κ3) is 13.3. The lowest BCUT2D eigenvalue weighted by molar-refractivity contribution is 0.281. The van der Waals surface area contributed by atoms with Crippen molar-refractivity contribution in [2.75, 3.05) is 4.90 Å². The summed E-state index contributed by atoms with van der Waals surface area (Å²) in [5.74, 6) is 4.28. The maximum atomic E-state index is 6.40. The zero-order valence-electron chi connectivity index (χ0n) is 38.7. The first kappa shape index (κ1) is 46.9. The second-order valence-electron chi connectivity index (χ2n) is 16.5. The average molecular weight is 987 g/mol. The van der Waals surface area contributed by atoms with Crippen molar-refractivity contribution in [3.8, 4) is 34.5 Å². The Hall–Kier alpha value is -8.20.